The number of aromatic amines is 1. The lowest BCUT2D eigenvalue weighted by Gasteiger charge is -2.16. The van der Waals surface area contributed by atoms with Crippen LogP contribution in [0.4, 0.5) is 10.1 Å². The van der Waals surface area contributed by atoms with Crippen LogP contribution in [-0.4, -0.2) is 54.7 Å². The van der Waals surface area contributed by atoms with E-state index in [2.05, 4.69) is 9.97 Å². The van der Waals surface area contributed by atoms with Crippen molar-refractivity contribution in [1.29, 1.82) is 0 Å². The Bertz CT molecular complexity index is 1320. The van der Waals surface area contributed by atoms with Crippen molar-refractivity contribution in [3.63, 3.8) is 0 Å². The first-order valence-electron chi connectivity index (χ1n) is 11.2. The summed E-state index contributed by atoms with van der Waals surface area (Å²) in [7, 11) is 1.65. The van der Waals surface area contributed by atoms with Gasteiger partial charge in [0.2, 0.25) is 0 Å². The van der Waals surface area contributed by atoms with Crippen LogP contribution in [0.2, 0.25) is 0 Å². The molecule has 0 radical (unpaired) electrons. The number of nitrogen functional groups attached to an aromatic ring is 1. The van der Waals surface area contributed by atoms with Gasteiger partial charge in [-0.05, 0) is 23.3 Å². The Morgan fingerprint density at radius 2 is 1.53 bits per heavy atom. The third-order valence-electron chi connectivity index (χ3n) is 6.48. The van der Waals surface area contributed by atoms with Crippen LogP contribution in [0.5, 0.6) is 5.88 Å². The maximum atomic E-state index is 15.0. The number of anilines is 1. The van der Waals surface area contributed by atoms with E-state index < -0.39 is 5.82 Å². The Balaban J connectivity index is 1.24. The maximum Gasteiger partial charge on any atom is 0.193 e. The molecule has 0 aliphatic carbocycles. The van der Waals surface area contributed by atoms with Gasteiger partial charge in [0.05, 0.1) is 24.2 Å². The quantitative estimate of drug-likeness (QED) is 0.434. The lowest BCUT2D eigenvalue weighted by Crippen LogP contribution is -2.35. The zero-order valence-electron chi connectivity index (χ0n) is 18.5. The van der Waals surface area contributed by atoms with E-state index in [-0.39, 0.29) is 30.1 Å². The number of hydrogen-bond acceptors (Lipinski definition) is 6. The van der Waals surface area contributed by atoms with Crippen molar-refractivity contribution < 1.29 is 23.3 Å². The molecule has 0 saturated carbocycles. The molecule has 0 amide bonds. The van der Waals surface area contributed by atoms with Crippen LogP contribution in [0.3, 0.4) is 0 Å². The second-order valence-corrected chi connectivity index (χ2v) is 8.61. The lowest BCUT2D eigenvalue weighted by atomic mass is 10.0. The number of H-pyrrole nitrogens is 1. The fourth-order valence-electron chi connectivity index (χ4n) is 4.66. The number of rotatable bonds is 5. The molecule has 174 valence electrons. The van der Waals surface area contributed by atoms with Crippen LogP contribution in [0.25, 0.3) is 33.4 Å². The van der Waals surface area contributed by atoms with Crippen molar-refractivity contribution >= 4 is 16.7 Å². The highest BCUT2D eigenvalue weighted by Crippen LogP contribution is 2.33. The van der Waals surface area contributed by atoms with Crippen LogP contribution in [0.1, 0.15) is 0 Å². The van der Waals surface area contributed by atoms with Crippen molar-refractivity contribution in [2.75, 3.05) is 26.1 Å². The molecule has 4 aromatic rings. The first kappa shape index (κ1) is 21.1. The first-order chi connectivity index (χ1) is 16.6. The molecule has 2 aromatic heterocycles. The van der Waals surface area contributed by atoms with Gasteiger partial charge in [0, 0.05) is 30.5 Å². The zero-order valence-corrected chi connectivity index (χ0v) is 18.5. The van der Waals surface area contributed by atoms with Gasteiger partial charge in [-0.15, -0.1) is 0 Å². The molecule has 0 bridgehead atoms. The van der Waals surface area contributed by atoms with Crippen molar-refractivity contribution in [3.8, 4) is 28.3 Å². The van der Waals surface area contributed by atoms with Gasteiger partial charge in [-0.2, -0.15) is 0 Å². The number of halogens is 1. The van der Waals surface area contributed by atoms with Gasteiger partial charge < -0.3 is 29.7 Å². The van der Waals surface area contributed by atoms with E-state index in [4.69, 9.17) is 24.7 Å². The van der Waals surface area contributed by atoms with Gasteiger partial charge >= 0.3 is 0 Å². The molecule has 6 rings (SSSR count). The van der Waals surface area contributed by atoms with Gasteiger partial charge in [0.1, 0.15) is 24.0 Å². The van der Waals surface area contributed by atoms with Gasteiger partial charge in [-0.25, -0.2) is 9.37 Å². The number of nitrogens with zero attached hydrogens (tertiary/aromatic N) is 1. The standard InChI is InChI=1S/C26H24FN3O4/c1-31-21-12-32-26-22(13-33-25(21)26)34-23-11-20-19(29-23)10-18(27)24(30-20)16-4-2-14(3-5-16)15-6-8-17(28)9-7-15/h2-11,21-22,25-26,29H,12-13,28H2,1H3/t21-,22-,25?,26-/m1/s1. The van der Waals surface area contributed by atoms with E-state index in [0.29, 0.717) is 41.4 Å². The molecule has 2 aromatic carbocycles. The Kier molecular flexibility index (Phi) is 5.21. The molecule has 1 unspecified atom stereocenters. The number of nitrogens with two attached hydrogens (primary N) is 1. The number of methoxy groups -OCH3 is 1. The minimum atomic E-state index is -0.410. The monoisotopic (exact) mass is 461 g/mol. The molecule has 34 heavy (non-hydrogen) atoms. The van der Waals surface area contributed by atoms with E-state index in [1.165, 1.54) is 6.07 Å². The van der Waals surface area contributed by atoms with E-state index in [0.717, 1.165) is 11.1 Å². The Morgan fingerprint density at radius 3 is 2.24 bits per heavy atom. The Labute approximate surface area is 195 Å². The van der Waals surface area contributed by atoms with E-state index in [1.54, 1.807) is 13.2 Å². The lowest BCUT2D eigenvalue weighted by molar-refractivity contribution is -0.0141. The van der Waals surface area contributed by atoms with Crippen molar-refractivity contribution in [3.05, 3.63) is 66.5 Å². The minimum absolute atomic E-state index is 0.0916. The number of fused-ring (bicyclic) bond motifs is 2. The molecule has 4 heterocycles. The summed E-state index contributed by atoms with van der Waals surface area (Å²) in [5, 5.41) is 0. The van der Waals surface area contributed by atoms with Crippen LogP contribution in [0, 0.1) is 5.82 Å². The first-order valence-corrected chi connectivity index (χ1v) is 11.2. The maximum absolute atomic E-state index is 15.0. The fourth-order valence-corrected chi connectivity index (χ4v) is 4.66. The normalized spacial score (nSPS) is 23.9. The highest BCUT2D eigenvalue weighted by molar-refractivity contribution is 5.81. The van der Waals surface area contributed by atoms with Crippen molar-refractivity contribution in [2.24, 2.45) is 0 Å². The van der Waals surface area contributed by atoms with Crippen LogP contribution >= 0.6 is 0 Å². The van der Waals surface area contributed by atoms with Gasteiger partial charge in [-0.3, -0.25) is 0 Å². The van der Waals surface area contributed by atoms with Crippen molar-refractivity contribution in [2.45, 2.75) is 24.4 Å². The number of nitrogens with one attached hydrogen (secondary N) is 1. The molecular formula is C26H24FN3O4. The molecule has 4 atom stereocenters. The average molecular weight is 461 g/mol. The summed E-state index contributed by atoms with van der Waals surface area (Å²) in [6.07, 6.45) is -0.705. The molecule has 8 heteroatoms. The van der Waals surface area contributed by atoms with Gasteiger partial charge in [0.25, 0.3) is 0 Å². The fraction of sp³-hybridized carbons (Fsp3) is 0.269. The second-order valence-electron chi connectivity index (χ2n) is 8.61. The third-order valence-corrected chi connectivity index (χ3v) is 6.48. The molecule has 2 fully saturated rings. The topological polar surface area (TPSA) is 91.6 Å². The highest BCUT2D eigenvalue weighted by Gasteiger charge is 2.49. The molecule has 2 aliphatic rings. The van der Waals surface area contributed by atoms with Crippen molar-refractivity contribution in [1.82, 2.24) is 9.97 Å². The predicted octanol–water partition coefficient (Wildman–Crippen LogP) is 4.18. The molecular weight excluding hydrogens is 437 g/mol. The number of pyridine rings is 1. The van der Waals surface area contributed by atoms with Crippen LogP contribution in [-0.2, 0) is 14.2 Å². The molecule has 2 aliphatic heterocycles. The summed E-state index contributed by atoms with van der Waals surface area (Å²) in [5.74, 6) is 0.0870. The van der Waals surface area contributed by atoms with E-state index in [9.17, 15) is 4.39 Å². The van der Waals surface area contributed by atoms with Gasteiger partial charge in [0.15, 0.2) is 17.8 Å². The molecule has 7 nitrogen and oxygen atoms in total. The second kappa shape index (κ2) is 8.39. The summed E-state index contributed by atoms with van der Waals surface area (Å²) < 4.78 is 38.1. The van der Waals surface area contributed by atoms with Crippen LogP contribution < -0.4 is 10.5 Å². The zero-order chi connectivity index (χ0) is 23.2. The number of benzene rings is 2. The molecule has 2 saturated heterocycles. The highest BCUT2D eigenvalue weighted by atomic mass is 19.1. The van der Waals surface area contributed by atoms with Gasteiger partial charge in [-0.1, -0.05) is 36.4 Å². The predicted molar refractivity (Wildman–Crippen MR) is 126 cm³/mol. The summed E-state index contributed by atoms with van der Waals surface area (Å²) in [4.78, 5) is 7.67. The summed E-state index contributed by atoms with van der Waals surface area (Å²) in [5.41, 5.74) is 10.7. The summed E-state index contributed by atoms with van der Waals surface area (Å²) >= 11 is 0. The SMILES string of the molecule is CO[C@@H]1CO[C@H]2C1OC[C@H]2Oc1cc2nc(-c3ccc(-c4ccc(N)cc4)cc3)c(F)cc2[nH]1. The number of aromatic nitrogens is 2. The summed E-state index contributed by atoms with van der Waals surface area (Å²) in [6.45, 7) is 0.879. The van der Waals surface area contributed by atoms with E-state index >= 15 is 0 Å². The molecule has 0 spiro atoms. The minimum Gasteiger partial charge on any atom is -0.470 e. The molecule has 3 N–H and O–H groups in total. The average Bonchev–Trinajstić information content (AvgIpc) is 3.55. The van der Waals surface area contributed by atoms with Crippen LogP contribution in [0.15, 0.2) is 60.7 Å². The Hall–Kier alpha value is -3.46. The number of hydrogen-bond donors (Lipinski definition) is 2. The smallest absolute Gasteiger partial charge is 0.193 e. The third kappa shape index (κ3) is 3.69. The number of ether oxygens (including phenoxy) is 4. The largest absolute Gasteiger partial charge is 0.470 e. The van der Waals surface area contributed by atoms with E-state index in [1.807, 2.05) is 48.5 Å². The Morgan fingerprint density at radius 1 is 0.912 bits per heavy atom. The summed E-state index contributed by atoms with van der Waals surface area (Å²) in [6, 6.07) is 18.5.